The molecule has 1 fully saturated rings. The summed E-state index contributed by atoms with van der Waals surface area (Å²) in [5.41, 5.74) is -1.62. The average Bonchev–Trinajstić information content (AvgIpc) is 2.60. The van der Waals surface area contributed by atoms with Crippen molar-refractivity contribution in [2.75, 3.05) is 4.43 Å². The van der Waals surface area contributed by atoms with Crippen LogP contribution in [0.3, 0.4) is 0 Å². The number of halogens is 2. The summed E-state index contributed by atoms with van der Waals surface area (Å²) < 4.78 is 34.0. The first-order valence-electron chi connectivity index (χ1n) is 6.59. The lowest BCUT2D eigenvalue weighted by Gasteiger charge is -2.22. The summed E-state index contributed by atoms with van der Waals surface area (Å²) in [6.07, 6.45) is -2.66. The first-order chi connectivity index (χ1) is 10.1. The summed E-state index contributed by atoms with van der Waals surface area (Å²) in [5.74, 6) is -3.96. The molecule has 1 saturated heterocycles. The van der Waals surface area contributed by atoms with Gasteiger partial charge in [-0.15, -0.1) is 0 Å². The van der Waals surface area contributed by atoms with Crippen molar-refractivity contribution in [3.05, 3.63) is 33.1 Å². The Bertz CT molecular complexity index is 709. The van der Waals surface area contributed by atoms with E-state index in [4.69, 9.17) is 10.8 Å². The van der Waals surface area contributed by atoms with Gasteiger partial charge >= 0.3 is 11.7 Å². The third-order valence-corrected chi connectivity index (χ3v) is 4.23. The second-order valence-corrected chi connectivity index (χ2v) is 5.42. The Hall–Kier alpha value is -1.23. The van der Waals surface area contributed by atoms with E-state index in [9.17, 15) is 18.8 Å². The summed E-state index contributed by atoms with van der Waals surface area (Å²) in [7, 11) is 0. The zero-order valence-electron chi connectivity index (χ0n) is 12.3. The molecule has 0 radical (unpaired) electrons. The van der Waals surface area contributed by atoms with E-state index in [-0.39, 0.29) is 4.43 Å². The van der Waals surface area contributed by atoms with Crippen LogP contribution >= 0.6 is 22.6 Å². The van der Waals surface area contributed by atoms with E-state index in [2.05, 4.69) is 0 Å². The summed E-state index contributed by atoms with van der Waals surface area (Å²) in [4.78, 5) is 36.3. The Morgan fingerprint density at radius 3 is 2.90 bits per heavy atom. The number of ether oxygens (including phenoxy) is 2. The molecule has 1 aromatic rings. The van der Waals surface area contributed by atoms with Crippen molar-refractivity contribution in [2.24, 2.45) is 5.92 Å². The third-order valence-electron chi connectivity index (χ3n) is 3.19. The van der Waals surface area contributed by atoms with E-state index in [0.717, 1.165) is 19.2 Å². The van der Waals surface area contributed by atoms with E-state index < -0.39 is 41.3 Å². The van der Waals surface area contributed by atoms with Crippen molar-refractivity contribution in [2.45, 2.75) is 32.0 Å². The number of hydrogen-bond donors (Lipinski definition) is 1. The maximum Gasteiger partial charge on any atom is 0.330 e. The van der Waals surface area contributed by atoms with Gasteiger partial charge in [0.1, 0.15) is 0 Å². The van der Waals surface area contributed by atoms with Gasteiger partial charge in [-0.2, -0.15) is 0 Å². The summed E-state index contributed by atoms with van der Waals surface area (Å²) >= 11 is 1.75. The SMILES string of the molecule is [2H][C@@]1(n2ccc(=O)[nH]c2=O)O[C@](F)(CI)[C@@H](C)[C@H]1OC(C)=O. The molecule has 2 heterocycles. The Kier molecular flexibility index (Phi) is 4.11. The van der Waals surface area contributed by atoms with Crippen LogP contribution in [-0.4, -0.2) is 31.9 Å². The standard InChI is InChI=1S/C12H14FIN2O5/c1-6-9(20-7(2)17)10(21-12(6,13)5-14)16-4-3-8(18)15-11(16)19/h3-4,6,9-10H,5H2,1-2H3,(H,15,18,19)/t6-,9+,10+,12+/m0/s1/i10D. The molecule has 0 spiro atoms. The molecule has 0 saturated carbocycles. The molecule has 1 aliphatic heterocycles. The van der Waals surface area contributed by atoms with Crippen LogP contribution in [0.1, 0.15) is 21.4 Å². The predicted octanol–water partition coefficient (Wildman–Crippen LogP) is 0.734. The number of esters is 1. The normalized spacial score (nSPS) is 36.3. The van der Waals surface area contributed by atoms with Gasteiger partial charge in [0.15, 0.2) is 12.3 Å². The van der Waals surface area contributed by atoms with Crippen LogP contribution in [0.25, 0.3) is 0 Å². The lowest BCUT2D eigenvalue weighted by Crippen LogP contribution is -2.37. The molecule has 2 rings (SSSR count). The van der Waals surface area contributed by atoms with Gasteiger partial charge in [0.2, 0.25) is 5.85 Å². The van der Waals surface area contributed by atoms with Gasteiger partial charge in [0.05, 0.1) is 11.7 Å². The number of carbonyl (C=O) groups excluding carboxylic acids is 1. The molecule has 21 heavy (non-hydrogen) atoms. The highest BCUT2D eigenvalue weighted by Gasteiger charge is 2.55. The number of hydrogen-bond acceptors (Lipinski definition) is 5. The third kappa shape index (κ3) is 3.03. The molecule has 0 unspecified atom stereocenters. The van der Waals surface area contributed by atoms with Gasteiger partial charge in [-0.1, -0.05) is 29.5 Å². The Labute approximate surface area is 134 Å². The van der Waals surface area contributed by atoms with Crippen molar-refractivity contribution >= 4 is 28.6 Å². The average molecular weight is 413 g/mol. The lowest BCUT2D eigenvalue weighted by molar-refractivity contribution is -0.162. The van der Waals surface area contributed by atoms with E-state index in [1.54, 1.807) is 22.6 Å². The van der Waals surface area contributed by atoms with Crippen molar-refractivity contribution in [3.8, 4) is 0 Å². The summed E-state index contributed by atoms with van der Waals surface area (Å²) in [6.45, 7) is 2.55. The fourth-order valence-electron chi connectivity index (χ4n) is 2.02. The Morgan fingerprint density at radius 2 is 2.38 bits per heavy atom. The van der Waals surface area contributed by atoms with Gasteiger partial charge < -0.3 is 9.47 Å². The number of aromatic amines is 1. The molecule has 0 bridgehead atoms. The van der Waals surface area contributed by atoms with Gasteiger partial charge in [-0.25, -0.2) is 9.18 Å². The monoisotopic (exact) mass is 413 g/mol. The first kappa shape index (κ1) is 14.7. The minimum Gasteiger partial charge on any atom is -0.457 e. The van der Waals surface area contributed by atoms with Crippen molar-refractivity contribution in [1.29, 1.82) is 0 Å². The van der Waals surface area contributed by atoms with Gasteiger partial charge in [0.25, 0.3) is 5.56 Å². The predicted molar refractivity (Wildman–Crippen MR) is 78.9 cm³/mol. The zero-order valence-corrected chi connectivity index (χ0v) is 13.4. The lowest BCUT2D eigenvalue weighted by atomic mass is 9.99. The second-order valence-electron chi connectivity index (χ2n) is 4.66. The highest BCUT2D eigenvalue weighted by Crippen LogP contribution is 2.44. The molecule has 0 aromatic carbocycles. The molecule has 116 valence electrons. The summed E-state index contributed by atoms with van der Waals surface area (Å²) in [5, 5.41) is 0. The number of aromatic nitrogens is 2. The van der Waals surface area contributed by atoms with Crippen molar-refractivity contribution < 1.29 is 20.0 Å². The van der Waals surface area contributed by atoms with E-state index in [1.807, 2.05) is 4.98 Å². The van der Waals surface area contributed by atoms with Crippen LogP contribution in [-0.2, 0) is 14.3 Å². The van der Waals surface area contributed by atoms with Crippen LogP contribution in [0.15, 0.2) is 21.9 Å². The molecule has 0 amide bonds. The van der Waals surface area contributed by atoms with E-state index in [1.165, 1.54) is 6.92 Å². The molecule has 7 nitrogen and oxygen atoms in total. The Balaban J connectivity index is 2.59. The van der Waals surface area contributed by atoms with E-state index in [0.29, 0.717) is 4.57 Å². The number of alkyl halides is 2. The first-order valence-corrected chi connectivity index (χ1v) is 7.61. The van der Waals surface area contributed by atoms with Gasteiger partial charge in [0, 0.05) is 19.2 Å². The van der Waals surface area contributed by atoms with Crippen LogP contribution in [0, 0.1) is 5.92 Å². The fourth-order valence-corrected chi connectivity index (χ4v) is 2.87. The number of rotatable bonds is 3. The highest BCUT2D eigenvalue weighted by molar-refractivity contribution is 14.1. The fraction of sp³-hybridized carbons (Fsp3) is 0.583. The molecule has 1 N–H and O–H groups in total. The molecular weight excluding hydrogens is 398 g/mol. The minimum atomic E-state index is -2.31. The molecule has 4 atom stereocenters. The minimum absolute atomic E-state index is 0.123. The smallest absolute Gasteiger partial charge is 0.330 e. The van der Waals surface area contributed by atoms with Crippen LogP contribution < -0.4 is 11.2 Å². The van der Waals surface area contributed by atoms with Gasteiger partial charge in [-0.3, -0.25) is 19.1 Å². The molecule has 1 aliphatic rings. The summed E-state index contributed by atoms with van der Waals surface area (Å²) in [6, 6.07) is 0.999. The second kappa shape index (κ2) is 5.87. The number of carbonyl (C=O) groups is 1. The zero-order chi connectivity index (χ0) is 16.7. The largest absolute Gasteiger partial charge is 0.457 e. The molecule has 1 aromatic heterocycles. The van der Waals surface area contributed by atoms with Crippen molar-refractivity contribution in [1.82, 2.24) is 9.55 Å². The Morgan fingerprint density at radius 1 is 1.71 bits per heavy atom. The quantitative estimate of drug-likeness (QED) is 0.449. The topological polar surface area (TPSA) is 90.4 Å². The van der Waals surface area contributed by atoms with Crippen LogP contribution in [0.4, 0.5) is 4.39 Å². The molecule has 0 aliphatic carbocycles. The molecule has 9 heteroatoms. The van der Waals surface area contributed by atoms with Crippen LogP contribution in [0.2, 0.25) is 0 Å². The van der Waals surface area contributed by atoms with E-state index >= 15 is 0 Å². The maximum atomic E-state index is 14.8. The van der Waals surface area contributed by atoms with Crippen LogP contribution in [0.5, 0.6) is 0 Å². The van der Waals surface area contributed by atoms with Gasteiger partial charge in [-0.05, 0) is 0 Å². The maximum absolute atomic E-state index is 14.8. The highest BCUT2D eigenvalue weighted by atomic mass is 127. The number of nitrogens with zero attached hydrogens (tertiary/aromatic N) is 1. The number of H-pyrrole nitrogens is 1. The van der Waals surface area contributed by atoms with Crippen molar-refractivity contribution in [3.63, 3.8) is 0 Å². The molecular formula is C12H14FIN2O5. The number of nitrogens with one attached hydrogen (secondary N) is 1.